The van der Waals surface area contributed by atoms with E-state index in [0.29, 0.717) is 12.4 Å². The van der Waals surface area contributed by atoms with Crippen molar-refractivity contribution in [2.24, 2.45) is 0 Å². The van der Waals surface area contributed by atoms with E-state index in [1.807, 2.05) is 24.3 Å². The molecule has 0 amide bonds. The lowest BCUT2D eigenvalue weighted by Gasteiger charge is -2.29. The Kier molecular flexibility index (Phi) is 4.78. The van der Waals surface area contributed by atoms with Gasteiger partial charge in [0.2, 0.25) is 0 Å². The lowest BCUT2D eigenvalue weighted by atomic mass is 9.94. The van der Waals surface area contributed by atoms with Gasteiger partial charge in [0, 0.05) is 16.9 Å². The number of nitrogens with one attached hydrogen (secondary N) is 1. The van der Waals surface area contributed by atoms with Gasteiger partial charge in [0.25, 0.3) is 5.56 Å². The molecule has 1 aliphatic rings. The monoisotopic (exact) mass is 384 g/mol. The van der Waals surface area contributed by atoms with Gasteiger partial charge >= 0.3 is 0 Å². The van der Waals surface area contributed by atoms with Crippen LogP contribution in [0, 0.1) is 0 Å². The number of unbranched alkanes of at least 4 members (excludes halogenated alkanes) is 1. The van der Waals surface area contributed by atoms with Gasteiger partial charge in [0.05, 0.1) is 24.2 Å². The largest absolute Gasteiger partial charge is 0.494 e. The Morgan fingerprint density at radius 1 is 1.30 bits per heavy atom. The maximum atomic E-state index is 12.8. The Morgan fingerprint density at radius 3 is 2.81 bits per heavy atom. The second-order valence-electron chi connectivity index (χ2n) is 7.55. The Bertz CT molecular complexity index is 1020. The van der Waals surface area contributed by atoms with E-state index in [-0.39, 0.29) is 11.2 Å². The smallest absolute Gasteiger partial charge is 0.260 e. The van der Waals surface area contributed by atoms with E-state index in [2.05, 4.69) is 25.8 Å². The summed E-state index contributed by atoms with van der Waals surface area (Å²) in [5.41, 5.74) is 1.64. The molecule has 1 aromatic carbocycles. The third kappa shape index (κ3) is 3.64. The first kappa shape index (κ1) is 18.2. The van der Waals surface area contributed by atoms with Gasteiger partial charge in [0.15, 0.2) is 0 Å². The first-order valence-electron chi connectivity index (χ1n) is 9.38. The normalized spacial score (nSPS) is 15.7. The molecule has 0 unspecified atom stereocenters. The van der Waals surface area contributed by atoms with Gasteiger partial charge < -0.3 is 14.5 Å². The fourth-order valence-electron chi connectivity index (χ4n) is 3.33. The number of aromatic nitrogens is 2. The molecule has 0 aliphatic carbocycles. The van der Waals surface area contributed by atoms with Gasteiger partial charge in [-0.3, -0.25) is 4.79 Å². The van der Waals surface area contributed by atoms with E-state index in [0.717, 1.165) is 57.8 Å². The first-order valence-corrected chi connectivity index (χ1v) is 10.2. The first-order chi connectivity index (χ1) is 13.0. The van der Waals surface area contributed by atoms with Crippen LogP contribution in [0.5, 0.6) is 5.75 Å². The summed E-state index contributed by atoms with van der Waals surface area (Å²) in [6.07, 6.45) is 2.88. The van der Waals surface area contributed by atoms with Gasteiger partial charge in [0.1, 0.15) is 16.4 Å². The third-order valence-corrected chi connectivity index (χ3v) is 5.93. The minimum atomic E-state index is -0.250. The quantitative estimate of drug-likeness (QED) is 0.649. The highest BCUT2D eigenvalue weighted by Crippen LogP contribution is 2.37. The van der Waals surface area contributed by atoms with Crippen LogP contribution in [0.2, 0.25) is 0 Å². The van der Waals surface area contributed by atoms with Gasteiger partial charge in [-0.05, 0) is 50.1 Å². The number of hydrogen-bond acceptors (Lipinski definition) is 5. The molecule has 1 aliphatic heterocycles. The van der Waals surface area contributed by atoms with Crippen molar-refractivity contribution in [2.75, 3.05) is 6.61 Å². The van der Waals surface area contributed by atoms with E-state index in [1.54, 1.807) is 11.3 Å². The molecule has 0 saturated heterocycles. The zero-order valence-corrected chi connectivity index (χ0v) is 16.7. The van der Waals surface area contributed by atoms with Crippen molar-refractivity contribution in [3.05, 3.63) is 45.1 Å². The Morgan fingerprint density at radius 2 is 2.07 bits per heavy atom. The fourth-order valence-corrected chi connectivity index (χ4v) is 4.44. The number of H-pyrrole nitrogens is 1. The summed E-state index contributed by atoms with van der Waals surface area (Å²) in [4.78, 5) is 22.4. The van der Waals surface area contributed by atoms with Crippen molar-refractivity contribution < 1.29 is 9.47 Å². The zero-order valence-electron chi connectivity index (χ0n) is 15.9. The van der Waals surface area contributed by atoms with E-state index in [9.17, 15) is 4.79 Å². The third-order valence-electron chi connectivity index (χ3n) is 4.84. The van der Waals surface area contributed by atoms with Crippen molar-refractivity contribution in [1.82, 2.24) is 9.97 Å². The summed E-state index contributed by atoms with van der Waals surface area (Å²) >= 11 is 1.56. The van der Waals surface area contributed by atoms with Crippen LogP contribution >= 0.6 is 11.3 Å². The summed E-state index contributed by atoms with van der Waals surface area (Å²) in [5, 5.41) is 0.717. The van der Waals surface area contributed by atoms with E-state index < -0.39 is 0 Å². The van der Waals surface area contributed by atoms with E-state index in [1.165, 1.54) is 0 Å². The summed E-state index contributed by atoms with van der Waals surface area (Å²) in [7, 11) is 0. The number of benzene rings is 1. The number of nitrogens with zero attached hydrogens (tertiary/aromatic N) is 1. The lowest BCUT2D eigenvalue weighted by molar-refractivity contribution is -0.0379. The molecule has 0 fully saturated rings. The van der Waals surface area contributed by atoms with Crippen LogP contribution in [0.3, 0.4) is 0 Å². The second-order valence-corrected chi connectivity index (χ2v) is 8.63. The highest BCUT2D eigenvalue weighted by atomic mass is 32.1. The lowest BCUT2D eigenvalue weighted by Crippen LogP contribution is -2.31. The van der Waals surface area contributed by atoms with Crippen LogP contribution in [0.15, 0.2) is 29.1 Å². The predicted molar refractivity (Wildman–Crippen MR) is 109 cm³/mol. The fraction of sp³-hybridized carbons (Fsp3) is 0.429. The molecule has 142 valence electrons. The number of rotatable bonds is 5. The van der Waals surface area contributed by atoms with Gasteiger partial charge in [-0.2, -0.15) is 0 Å². The van der Waals surface area contributed by atoms with Crippen LogP contribution in [-0.2, 0) is 17.8 Å². The molecule has 27 heavy (non-hydrogen) atoms. The molecule has 0 atom stereocenters. The summed E-state index contributed by atoms with van der Waals surface area (Å²) in [6.45, 7) is 7.51. The standard InChI is InChI=1S/C21H24N2O3S/c1-4-5-10-25-14-8-6-13(7-9-14)18-22-19(24)17-15-11-21(2,3)26-12-16(15)27-20(17)23-18/h6-9H,4-5,10-12H2,1-3H3,(H,22,23,24). The van der Waals surface area contributed by atoms with Crippen LogP contribution in [-0.4, -0.2) is 22.2 Å². The van der Waals surface area contributed by atoms with Crippen LogP contribution in [0.1, 0.15) is 44.1 Å². The van der Waals surface area contributed by atoms with Crippen molar-refractivity contribution in [1.29, 1.82) is 0 Å². The summed E-state index contributed by atoms with van der Waals surface area (Å²) < 4.78 is 11.6. The topological polar surface area (TPSA) is 64.2 Å². The highest BCUT2D eigenvalue weighted by Gasteiger charge is 2.30. The molecule has 5 nitrogen and oxygen atoms in total. The van der Waals surface area contributed by atoms with E-state index >= 15 is 0 Å². The van der Waals surface area contributed by atoms with E-state index in [4.69, 9.17) is 14.5 Å². The number of ether oxygens (including phenoxy) is 2. The molecular formula is C21H24N2O3S. The van der Waals surface area contributed by atoms with Crippen LogP contribution < -0.4 is 10.3 Å². The molecule has 2 aromatic heterocycles. The van der Waals surface area contributed by atoms with Crippen molar-refractivity contribution in [3.63, 3.8) is 0 Å². The van der Waals surface area contributed by atoms with Crippen molar-refractivity contribution in [2.45, 2.75) is 52.2 Å². The minimum Gasteiger partial charge on any atom is -0.494 e. The molecule has 0 bridgehead atoms. The molecule has 0 saturated carbocycles. The summed E-state index contributed by atoms with van der Waals surface area (Å²) in [5.74, 6) is 1.42. The van der Waals surface area contributed by atoms with Crippen molar-refractivity contribution >= 4 is 21.6 Å². The summed E-state index contributed by atoms with van der Waals surface area (Å²) in [6, 6.07) is 7.71. The average Bonchev–Trinajstić information content (AvgIpc) is 2.99. The molecule has 6 heteroatoms. The second kappa shape index (κ2) is 7.09. The molecule has 3 aromatic rings. The van der Waals surface area contributed by atoms with Gasteiger partial charge in [-0.15, -0.1) is 11.3 Å². The average molecular weight is 385 g/mol. The predicted octanol–water partition coefficient (Wildman–Crippen LogP) is 4.68. The van der Waals surface area contributed by atoms with Gasteiger partial charge in [-0.25, -0.2) is 4.98 Å². The number of thiophene rings is 1. The Balaban J connectivity index is 1.67. The molecular weight excluding hydrogens is 360 g/mol. The number of hydrogen-bond donors (Lipinski definition) is 1. The Labute approximate surface area is 162 Å². The van der Waals surface area contributed by atoms with Crippen molar-refractivity contribution in [3.8, 4) is 17.1 Å². The number of fused-ring (bicyclic) bond motifs is 3. The minimum absolute atomic E-state index is 0.0755. The van der Waals surface area contributed by atoms with Crippen LogP contribution in [0.4, 0.5) is 0 Å². The SMILES string of the molecule is CCCCOc1ccc(-c2nc3sc4c(c3c(=O)[nH]2)CC(C)(C)OC4)cc1. The highest BCUT2D eigenvalue weighted by molar-refractivity contribution is 7.18. The van der Waals surface area contributed by atoms with Gasteiger partial charge in [-0.1, -0.05) is 13.3 Å². The van der Waals surface area contributed by atoms with Crippen LogP contribution in [0.25, 0.3) is 21.6 Å². The maximum Gasteiger partial charge on any atom is 0.260 e. The molecule has 4 rings (SSSR count). The Hall–Kier alpha value is -2.18. The molecule has 1 N–H and O–H groups in total. The number of aromatic amines is 1. The molecule has 0 radical (unpaired) electrons. The molecule has 3 heterocycles. The maximum absolute atomic E-state index is 12.8. The molecule has 0 spiro atoms. The zero-order chi connectivity index (χ0) is 19.0.